The molecule has 0 unspecified atom stereocenters. The van der Waals surface area contributed by atoms with Gasteiger partial charge in [-0.2, -0.15) is 16.8 Å². The molecule has 2 heterocycles. The lowest BCUT2D eigenvalue weighted by Gasteiger charge is -2.47. The third kappa shape index (κ3) is 11.7. The Morgan fingerprint density at radius 2 is 1.65 bits per heavy atom. The van der Waals surface area contributed by atoms with Gasteiger partial charge in [0.25, 0.3) is 0 Å². The molecule has 0 spiro atoms. The summed E-state index contributed by atoms with van der Waals surface area (Å²) in [7, 11) is -10.7. The lowest BCUT2D eigenvalue weighted by molar-refractivity contribution is -0.362. The van der Waals surface area contributed by atoms with Crippen LogP contribution in [0.5, 0.6) is 0 Å². The lowest BCUT2D eigenvalue weighted by atomic mass is 9.95. The van der Waals surface area contributed by atoms with Crippen molar-refractivity contribution in [1.82, 2.24) is 0 Å². The van der Waals surface area contributed by atoms with Crippen molar-refractivity contribution >= 4 is 38.9 Å². The number of hydrogen-bond acceptors (Lipinski definition) is 21. The first-order valence-corrected chi connectivity index (χ1v) is 14.5. The van der Waals surface area contributed by atoms with Gasteiger partial charge >= 0.3 is 20.8 Å². The minimum Gasteiger partial charge on any atom is -0.862 e. The smallest absolute Gasteiger partial charge is 0.397 e. The molecule has 0 radical (unpaired) electrons. The average molecular weight is 672 g/mol. The number of carbonyl (C=O) groups excluding carboxylic acids is 1. The minimum absolute atomic E-state index is 0.0350. The topological polar surface area (TPSA) is 357 Å². The molecule has 25 heteroatoms. The van der Waals surface area contributed by atoms with E-state index < -0.39 is 107 Å². The minimum atomic E-state index is -5.49. The number of carbonyl (C=O) groups is 1. The summed E-state index contributed by atoms with van der Waals surface area (Å²) in [5.74, 6) is 1.77. The summed E-state index contributed by atoms with van der Waals surface area (Å²) in [6, 6.07) is -1.85. The standard InChI is InChI=1S/C18H31N3O20S2/c1-7(22)21-9-14(39-18-12(25)10(23)11(24)15(40-18)16(26)27)13(41-43(31,32)33)8(6-37-42(28,29)30)38-17(9)34-3-2-20-36-5-4-35-19/h2,8-15,17-18,23-25H,3-6,19H2,1H3,(H,21,22)(H,26,27)(H,28,29,30)(H,31,32,33)/p-2/b20-2-/t8-,9-,10+,11+,12-,13+,14-,15+,17-,18-/m1/s1. The van der Waals surface area contributed by atoms with Crippen molar-refractivity contribution in [1.29, 1.82) is 0 Å². The summed E-state index contributed by atoms with van der Waals surface area (Å²) in [6.45, 7) is -0.981. The molecule has 0 aromatic heterocycles. The third-order valence-corrected chi connectivity index (χ3v) is 6.33. The van der Waals surface area contributed by atoms with E-state index >= 15 is 0 Å². The molecule has 250 valence electrons. The van der Waals surface area contributed by atoms with E-state index in [0.29, 0.717) is 0 Å². The first-order chi connectivity index (χ1) is 19.9. The Bertz CT molecular complexity index is 1180. The molecular formula is C18H29N3O20S2-2. The summed E-state index contributed by atoms with van der Waals surface area (Å²) in [4.78, 5) is 24.1. The molecule has 23 nitrogen and oxygen atoms in total. The van der Waals surface area contributed by atoms with Crippen LogP contribution in [0.15, 0.2) is 10.1 Å². The van der Waals surface area contributed by atoms with Gasteiger partial charge in [-0.3, -0.25) is 14.1 Å². The number of aliphatic hydroxyl groups excluding tert-OH is 3. The highest BCUT2D eigenvalue weighted by Gasteiger charge is 2.54. The monoisotopic (exact) mass is 671 g/mol. The van der Waals surface area contributed by atoms with Gasteiger partial charge in [-0.05, 0) is 12.8 Å². The lowest BCUT2D eigenvalue weighted by Crippen LogP contribution is -2.66. The van der Waals surface area contributed by atoms with Gasteiger partial charge in [0, 0.05) is 0 Å². The van der Waals surface area contributed by atoms with Crippen LogP contribution in [-0.4, -0.2) is 147 Å². The van der Waals surface area contributed by atoms with E-state index in [4.69, 9.17) is 34.2 Å². The first kappa shape index (κ1) is 37.0. The van der Waals surface area contributed by atoms with Gasteiger partial charge in [-0.15, -0.1) is 0 Å². The molecule has 0 aromatic carbocycles. The zero-order valence-electron chi connectivity index (χ0n) is 21.8. The van der Waals surface area contributed by atoms with Crippen LogP contribution in [0, 0.1) is 0 Å². The second-order valence-electron chi connectivity index (χ2n) is 8.52. The number of rotatable bonds is 16. The number of nitrogens with zero attached hydrogens (tertiary/aromatic N) is 2. The van der Waals surface area contributed by atoms with Gasteiger partial charge in [0.1, 0.15) is 62.0 Å². The summed E-state index contributed by atoms with van der Waals surface area (Å²) >= 11 is 0. The molecular weight excluding hydrogens is 642 g/mol. The Balaban J connectivity index is 2.53. The number of carboxylic acid groups (broad SMARTS) is 1. The predicted molar refractivity (Wildman–Crippen MR) is 127 cm³/mol. The van der Waals surface area contributed by atoms with E-state index in [1.54, 1.807) is 0 Å². The summed E-state index contributed by atoms with van der Waals surface area (Å²) in [5.41, 5.74) is 0. The SMILES string of the molecule is CC([O-])=N[C@H]1[C@H](OC/C=N\OCCON)O[C@H](COS(=O)(=O)O)[C@H](OS(=O)(=O)O)[C@@H]1O[C@@H]1O[C@H](C(=O)[O-])[C@@H](O)[C@H](O)[C@H]1O. The molecule has 2 aliphatic heterocycles. The van der Waals surface area contributed by atoms with E-state index in [-0.39, 0.29) is 13.2 Å². The number of ether oxygens (including phenoxy) is 4. The van der Waals surface area contributed by atoms with Crippen LogP contribution in [0.2, 0.25) is 0 Å². The zero-order chi connectivity index (χ0) is 32.5. The van der Waals surface area contributed by atoms with Crippen LogP contribution >= 0.6 is 0 Å². The fourth-order valence-corrected chi connectivity index (χ4v) is 4.56. The van der Waals surface area contributed by atoms with Crippen LogP contribution in [0.3, 0.4) is 0 Å². The van der Waals surface area contributed by atoms with Crippen LogP contribution in [-0.2, 0) is 62.6 Å². The Morgan fingerprint density at radius 1 is 0.977 bits per heavy atom. The number of aliphatic carboxylic acids is 1. The molecule has 2 saturated heterocycles. The van der Waals surface area contributed by atoms with Crippen molar-refractivity contribution in [2.75, 3.05) is 26.4 Å². The predicted octanol–water partition coefficient (Wildman–Crippen LogP) is -7.28. The summed E-state index contributed by atoms with van der Waals surface area (Å²) < 4.78 is 94.4. The van der Waals surface area contributed by atoms with Crippen molar-refractivity contribution in [3.63, 3.8) is 0 Å². The maximum absolute atomic E-state index is 12.0. The second-order valence-corrected chi connectivity index (χ2v) is 10.7. The highest BCUT2D eigenvalue weighted by molar-refractivity contribution is 7.81. The summed E-state index contributed by atoms with van der Waals surface area (Å²) in [6.07, 6.45) is -18.6. The van der Waals surface area contributed by atoms with Gasteiger partial charge in [-0.25, -0.2) is 14.3 Å². The molecule has 2 fully saturated rings. The summed E-state index contributed by atoms with van der Waals surface area (Å²) in [5, 5.41) is 57.4. The molecule has 2 rings (SSSR count). The van der Waals surface area contributed by atoms with Crippen molar-refractivity contribution < 1.29 is 93.3 Å². The quantitative estimate of drug-likeness (QED) is 0.0292. The van der Waals surface area contributed by atoms with Gasteiger partial charge in [0.2, 0.25) is 0 Å². The highest BCUT2D eigenvalue weighted by atomic mass is 32.3. The number of carboxylic acids is 1. The molecule has 0 saturated carbocycles. The average Bonchev–Trinajstić information content (AvgIpc) is 2.88. The number of hydrogen-bond donors (Lipinski definition) is 6. The van der Waals surface area contributed by atoms with Crippen LogP contribution in [0.1, 0.15) is 6.92 Å². The number of nitrogens with two attached hydrogens (primary N) is 1. The number of aliphatic hydroxyl groups is 3. The molecule has 0 aromatic rings. The van der Waals surface area contributed by atoms with Crippen molar-refractivity contribution in [2.24, 2.45) is 16.0 Å². The van der Waals surface area contributed by atoms with Gasteiger partial charge in [0.15, 0.2) is 12.6 Å². The Labute approximate surface area is 243 Å². The first-order valence-electron chi connectivity index (χ1n) is 11.7. The van der Waals surface area contributed by atoms with E-state index in [0.717, 1.165) is 13.1 Å². The van der Waals surface area contributed by atoms with E-state index in [1.165, 1.54) is 0 Å². The molecule has 7 N–H and O–H groups in total. The highest BCUT2D eigenvalue weighted by Crippen LogP contribution is 2.33. The third-order valence-electron chi connectivity index (χ3n) is 5.43. The number of oxime groups is 1. The Kier molecular flexibility index (Phi) is 13.9. The van der Waals surface area contributed by atoms with Crippen LogP contribution < -0.4 is 16.1 Å². The molecule has 43 heavy (non-hydrogen) atoms. The van der Waals surface area contributed by atoms with Crippen molar-refractivity contribution in [3.05, 3.63) is 0 Å². The molecule has 10 atom stereocenters. The Hall–Kier alpha value is -2.21. The molecule has 0 bridgehead atoms. The van der Waals surface area contributed by atoms with Crippen molar-refractivity contribution in [2.45, 2.75) is 68.3 Å². The second kappa shape index (κ2) is 16.2. The van der Waals surface area contributed by atoms with Crippen molar-refractivity contribution in [3.8, 4) is 0 Å². The van der Waals surface area contributed by atoms with Gasteiger partial charge < -0.3 is 58.9 Å². The molecule has 2 aliphatic rings. The van der Waals surface area contributed by atoms with E-state index in [9.17, 15) is 51.7 Å². The normalized spacial score (nSPS) is 34.3. The number of aliphatic imine (C=N–C) groups is 1. The van der Waals surface area contributed by atoms with Crippen LogP contribution in [0.25, 0.3) is 0 Å². The Morgan fingerprint density at radius 3 is 2.21 bits per heavy atom. The molecule has 0 aliphatic carbocycles. The molecule has 0 amide bonds. The van der Waals surface area contributed by atoms with Gasteiger partial charge in [0.05, 0.1) is 25.4 Å². The van der Waals surface area contributed by atoms with Gasteiger partial charge in [-0.1, -0.05) is 5.16 Å². The zero-order valence-corrected chi connectivity index (χ0v) is 23.5. The maximum atomic E-state index is 12.0. The maximum Gasteiger partial charge on any atom is 0.397 e. The fraction of sp³-hybridized carbons (Fsp3) is 0.833. The van der Waals surface area contributed by atoms with Crippen LogP contribution in [0.4, 0.5) is 0 Å². The van der Waals surface area contributed by atoms with E-state index in [1.807, 2.05) is 0 Å². The fourth-order valence-electron chi connectivity index (χ4n) is 3.74. The largest absolute Gasteiger partial charge is 0.862 e. The van der Waals surface area contributed by atoms with E-state index in [2.05, 4.69) is 23.4 Å².